The van der Waals surface area contributed by atoms with Gasteiger partial charge in [0.2, 0.25) is 0 Å². The molecule has 1 aromatic carbocycles. The zero-order valence-electron chi connectivity index (χ0n) is 21.0. The number of halogens is 4. The van der Waals surface area contributed by atoms with Gasteiger partial charge in [-0.3, -0.25) is 0 Å². The minimum atomic E-state index is -2.76. The monoisotopic (exact) mass is 500 g/mol. The van der Waals surface area contributed by atoms with Gasteiger partial charge in [-0.2, -0.15) is 0 Å². The maximum absolute atomic E-state index is 14.0. The zero-order chi connectivity index (χ0) is 24.3. The average molecular weight is 501 g/mol. The Labute approximate surface area is 205 Å². The lowest BCUT2D eigenvalue weighted by Crippen LogP contribution is -2.28. The maximum atomic E-state index is 14.0. The van der Waals surface area contributed by atoms with Crippen molar-refractivity contribution < 1.29 is 22.3 Å². The highest BCUT2D eigenvalue weighted by molar-refractivity contribution is 6.58. The van der Waals surface area contributed by atoms with Gasteiger partial charge in [0.25, 0.3) is 6.43 Å². The summed E-state index contributed by atoms with van der Waals surface area (Å²) in [6.07, 6.45) is 13.8. The van der Waals surface area contributed by atoms with E-state index in [1.165, 1.54) is 76.3 Å². The molecule has 194 valence electrons. The van der Waals surface area contributed by atoms with E-state index in [4.69, 9.17) is 0 Å². The largest absolute Gasteiger partial charge is 0.482 e. The molecule has 0 radical (unpaired) electrons. The highest BCUT2D eigenvalue weighted by atomic mass is 28.3. The topological polar surface area (TPSA) is 9.23 Å². The second-order valence-corrected chi connectivity index (χ2v) is 14.4. The fourth-order valence-electron chi connectivity index (χ4n) is 6.38. The quantitative estimate of drug-likeness (QED) is 0.149. The molecular formula is C28H44F4OSi. The Hall–Kier alpha value is -1.04. The van der Waals surface area contributed by atoms with Crippen molar-refractivity contribution in [1.82, 2.24) is 0 Å². The van der Waals surface area contributed by atoms with E-state index >= 15 is 0 Å². The van der Waals surface area contributed by atoms with E-state index in [9.17, 15) is 17.6 Å². The Morgan fingerprint density at radius 1 is 0.882 bits per heavy atom. The second kappa shape index (κ2) is 14.5. The number of aryl methyl sites for hydroxylation is 1. The van der Waals surface area contributed by atoms with Gasteiger partial charge in [0.05, 0.1) is 0 Å². The van der Waals surface area contributed by atoms with E-state index in [1.54, 1.807) is 18.1 Å². The molecule has 0 atom stereocenters. The predicted molar refractivity (Wildman–Crippen MR) is 135 cm³/mol. The van der Waals surface area contributed by atoms with Gasteiger partial charge < -0.3 is 4.74 Å². The van der Waals surface area contributed by atoms with E-state index < -0.39 is 39.2 Å². The molecule has 1 saturated heterocycles. The molecule has 6 heteroatoms. The summed E-state index contributed by atoms with van der Waals surface area (Å²) in [5.41, 5.74) is 0.567. The van der Waals surface area contributed by atoms with Crippen LogP contribution in [0.15, 0.2) is 12.1 Å². The van der Waals surface area contributed by atoms with Crippen LogP contribution in [0.3, 0.4) is 0 Å². The van der Waals surface area contributed by atoms with E-state index in [-0.39, 0.29) is 0 Å². The molecular weight excluding hydrogens is 456 g/mol. The molecule has 0 aromatic heterocycles. The van der Waals surface area contributed by atoms with Crippen molar-refractivity contribution in [2.45, 2.75) is 115 Å². The summed E-state index contributed by atoms with van der Waals surface area (Å²) in [5.74, 6) is 0.257. The maximum Gasteiger partial charge on any atom is 0.272 e. The molecule has 0 spiro atoms. The molecule has 1 aromatic rings. The number of rotatable bonds is 13. The summed E-state index contributed by atoms with van der Waals surface area (Å²) >= 11 is 0. The standard InChI is InChI=1S/C28H44F4OSi/c1-2-3-6-15-34-16-13-24(14-17-34)23-11-9-21(10-12-23)7-4-5-8-22-18-25(29)28(26(30)19-22)33-20-27(31)32/h18-19,21,23-24,27,34H,2-17,20H2,1H3. The van der Waals surface area contributed by atoms with Crippen LogP contribution in [0.4, 0.5) is 17.6 Å². The molecule has 1 aliphatic heterocycles. The SMILES string of the molecule is CCCCC[SiH]1CCC(C2CCC(CCCCc3cc(F)c(OCC(F)F)c(F)c3)CC2)CC1. The highest BCUT2D eigenvalue weighted by Crippen LogP contribution is 2.42. The number of hydrogen-bond donors (Lipinski definition) is 0. The molecule has 1 saturated carbocycles. The third kappa shape index (κ3) is 8.87. The molecule has 0 N–H and O–H groups in total. The zero-order valence-corrected chi connectivity index (χ0v) is 22.1. The molecule has 1 nitrogen and oxygen atoms in total. The molecule has 3 rings (SSSR count). The Morgan fingerprint density at radius 3 is 2.15 bits per heavy atom. The van der Waals surface area contributed by atoms with Gasteiger partial charge in [-0.1, -0.05) is 82.8 Å². The lowest BCUT2D eigenvalue weighted by Gasteiger charge is -2.37. The van der Waals surface area contributed by atoms with E-state index in [0.717, 1.165) is 30.6 Å². The number of hydrogen-bond acceptors (Lipinski definition) is 1. The van der Waals surface area contributed by atoms with E-state index in [1.807, 2.05) is 0 Å². The van der Waals surface area contributed by atoms with Crippen LogP contribution >= 0.6 is 0 Å². The summed E-state index contributed by atoms with van der Waals surface area (Å²) in [6.45, 7) is 1.30. The van der Waals surface area contributed by atoms with Crippen LogP contribution in [0.1, 0.15) is 89.5 Å². The Balaban J connectivity index is 1.30. The molecule has 0 bridgehead atoms. The number of alkyl halides is 2. The summed E-state index contributed by atoms with van der Waals surface area (Å²) in [4.78, 5) is 0. The summed E-state index contributed by atoms with van der Waals surface area (Å²) < 4.78 is 57.1. The highest BCUT2D eigenvalue weighted by Gasteiger charge is 2.31. The lowest BCUT2D eigenvalue weighted by molar-refractivity contribution is 0.0777. The van der Waals surface area contributed by atoms with Crippen molar-refractivity contribution in [3.05, 3.63) is 29.3 Å². The fourth-order valence-corrected chi connectivity index (χ4v) is 9.91. The van der Waals surface area contributed by atoms with Gasteiger partial charge in [-0.25, -0.2) is 17.6 Å². The van der Waals surface area contributed by atoms with Crippen molar-refractivity contribution in [3.63, 3.8) is 0 Å². The molecule has 2 fully saturated rings. The van der Waals surface area contributed by atoms with Crippen LogP contribution in [0.2, 0.25) is 18.1 Å². The van der Waals surface area contributed by atoms with Gasteiger partial charge in [0.15, 0.2) is 17.4 Å². The lowest BCUT2D eigenvalue weighted by atomic mass is 9.73. The average Bonchev–Trinajstić information content (AvgIpc) is 2.82. The van der Waals surface area contributed by atoms with Crippen LogP contribution in [0, 0.1) is 29.4 Å². The minimum Gasteiger partial charge on any atom is -0.482 e. The van der Waals surface area contributed by atoms with Gasteiger partial charge in [0, 0.05) is 8.80 Å². The Kier molecular flexibility index (Phi) is 11.7. The fraction of sp³-hybridized carbons (Fsp3) is 0.786. The summed E-state index contributed by atoms with van der Waals surface area (Å²) in [5, 5.41) is 0. The Morgan fingerprint density at radius 2 is 1.53 bits per heavy atom. The second-order valence-electron chi connectivity index (χ2n) is 10.9. The third-order valence-electron chi connectivity index (χ3n) is 8.40. The molecule has 1 aliphatic carbocycles. The molecule has 2 aliphatic rings. The molecule has 0 unspecified atom stereocenters. The van der Waals surface area contributed by atoms with Crippen LogP contribution in [0.25, 0.3) is 0 Å². The van der Waals surface area contributed by atoms with Crippen molar-refractivity contribution >= 4 is 8.80 Å². The van der Waals surface area contributed by atoms with E-state index in [0.29, 0.717) is 12.0 Å². The summed E-state index contributed by atoms with van der Waals surface area (Å²) in [6, 6.07) is 7.21. The molecule has 0 amide bonds. The molecule has 1 heterocycles. The van der Waals surface area contributed by atoms with Crippen LogP contribution in [0.5, 0.6) is 5.75 Å². The van der Waals surface area contributed by atoms with Crippen LogP contribution in [-0.2, 0) is 6.42 Å². The van der Waals surface area contributed by atoms with Crippen molar-refractivity contribution in [3.8, 4) is 5.75 Å². The van der Waals surface area contributed by atoms with Crippen LogP contribution in [-0.4, -0.2) is 21.8 Å². The van der Waals surface area contributed by atoms with Crippen LogP contribution < -0.4 is 4.74 Å². The van der Waals surface area contributed by atoms with Crippen molar-refractivity contribution in [1.29, 1.82) is 0 Å². The van der Waals surface area contributed by atoms with Crippen molar-refractivity contribution in [2.24, 2.45) is 17.8 Å². The third-order valence-corrected chi connectivity index (χ3v) is 11.9. The molecule has 34 heavy (non-hydrogen) atoms. The van der Waals surface area contributed by atoms with Gasteiger partial charge in [-0.15, -0.1) is 0 Å². The summed E-state index contributed by atoms with van der Waals surface area (Å²) in [7, 11) is -0.410. The van der Waals surface area contributed by atoms with Gasteiger partial charge in [0.1, 0.15) is 6.61 Å². The van der Waals surface area contributed by atoms with Gasteiger partial charge in [-0.05, 0) is 61.1 Å². The number of ether oxygens (including phenoxy) is 1. The first kappa shape index (κ1) is 27.5. The first-order valence-corrected chi connectivity index (χ1v) is 16.3. The Bertz CT molecular complexity index is 689. The predicted octanol–water partition coefficient (Wildman–Crippen LogP) is 8.96. The smallest absolute Gasteiger partial charge is 0.272 e. The van der Waals surface area contributed by atoms with Crippen molar-refractivity contribution in [2.75, 3.05) is 6.61 Å². The van der Waals surface area contributed by atoms with E-state index in [2.05, 4.69) is 11.7 Å². The minimum absolute atomic E-state index is 0.410. The normalized spacial score (nSPS) is 25.6. The van der Waals surface area contributed by atoms with Gasteiger partial charge >= 0.3 is 0 Å². The first-order chi connectivity index (χ1) is 16.5. The number of benzene rings is 1. The first-order valence-electron chi connectivity index (χ1n) is 13.8. The number of unbranched alkanes of at least 4 members (excludes halogenated alkanes) is 3.